The number of urea groups is 1. The van der Waals surface area contributed by atoms with E-state index in [1.165, 1.54) is 0 Å². The SMILES string of the molecule is CC(C)[C@H](NC(=O)OCC1c2ccccc2-c2ccccc21)C(=O)N[C@@H](CCCNC(N)=O)C(=O)Nc1ccc(C[C@@H](CC(C)(C)C(=O)O)NC(=O)OC(C)(C)C)cc1. The molecule has 1 aliphatic carbocycles. The number of alkyl carbamates (subject to hydrolysis) is 2. The van der Waals surface area contributed by atoms with Gasteiger partial charge in [0, 0.05) is 24.2 Å². The number of carboxylic acids is 1. The van der Waals surface area contributed by atoms with Gasteiger partial charge in [0.1, 0.15) is 24.3 Å². The number of nitrogens with two attached hydrogens (primary N) is 1. The molecule has 0 unspecified atom stereocenters. The Labute approximate surface area is 345 Å². The summed E-state index contributed by atoms with van der Waals surface area (Å²) in [5.41, 5.74) is 8.76. The molecule has 59 heavy (non-hydrogen) atoms. The van der Waals surface area contributed by atoms with Gasteiger partial charge < -0.3 is 46.9 Å². The number of carbonyl (C=O) groups excluding carboxylic acids is 5. The van der Waals surface area contributed by atoms with Crippen LogP contribution in [-0.2, 0) is 30.3 Å². The van der Waals surface area contributed by atoms with Crippen molar-refractivity contribution in [2.45, 2.75) is 104 Å². The highest BCUT2D eigenvalue weighted by atomic mass is 16.6. The van der Waals surface area contributed by atoms with Crippen molar-refractivity contribution in [3.05, 3.63) is 89.5 Å². The number of anilines is 1. The molecule has 0 aromatic heterocycles. The van der Waals surface area contributed by atoms with Gasteiger partial charge in [-0.25, -0.2) is 14.4 Å². The zero-order chi connectivity index (χ0) is 43.5. The number of rotatable bonds is 18. The molecular formula is C44H58N6O9. The summed E-state index contributed by atoms with van der Waals surface area (Å²) in [4.78, 5) is 76.4. The van der Waals surface area contributed by atoms with E-state index >= 15 is 0 Å². The van der Waals surface area contributed by atoms with E-state index in [2.05, 4.69) is 26.6 Å². The number of carbonyl (C=O) groups is 6. The second-order valence-corrected chi connectivity index (χ2v) is 16.8. The van der Waals surface area contributed by atoms with E-state index in [4.69, 9.17) is 15.2 Å². The van der Waals surface area contributed by atoms with Gasteiger partial charge in [0.05, 0.1) is 5.41 Å². The number of nitrogens with one attached hydrogen (secondary N) is 5. The van der Waals surface area contributed by atoms with Crippen molar-refractivity contribution >= 4 is 41.7 Å². The smallest absolute Gasteiger partial charge is 0.407 e. The van der Waals surface area contributed by atoms with Crippen LogP contribution in [0.5, 0.6) is 0 Å². The minimum Gasteiger partial charge on any atom is -0.481 e. The third-order valence-electron chi connectivity index (χ3n) is 9.93. The number of amides is 6. The molecule has 4 rings (SSSR count). The van der Waals surface area contributed by atoms with Gasteiger partial charge in [-0.2, -0.15) is 0 Å². The molecule has 0 radical (unpaired) electrons. The fraction of sp³-hybridized carbons (Fsp3) is 0.455. The van der Waals surface area contributed by atoms with E-state index in [0.29, 0.717) is 12.1 Å². The quantitative estimate of drug-likeness (QED) is 0.0740. The maximum atomic E-state index is 13.7. The standard InChI is InChI=1S/C44H58N6O9/c1-26(2)36(50-41(56)58-25-34-32-15-10-8-13-30(32)31-14-9-11-16-33(31)34)38(52)49-35(17-12-22-46-40(45)55)37(51)47-28-20-18-27(19-21-28)23-29(24-44(6,7)39(53)54)48-42(57)59-43(3,4)5/h8-11,13-16,18-21,26,29,34-36H,12,17,22-25H2,1-7H3,(H,47,51)(H,48,57)(H,49,52)(H,50,56)(H,53,54)(H3,45,46,55)/t29-,35-,36-/m0/s1. The molecule has 0 heterocycles. The van der Waals surface area contributed by atoms with Crippen LogP contribution in [0.4, 0.5) is 20.1 Å². The van der Waals surface area contributed by atoms with E-state index in [1.54, 1.807) is 72.7 Å². The number of carboxylic acid groups (broad SMARTS) is 1. The van der Waals surface area contributed by atoms with E-state index in [0.717, 1.165) is 27.8 Å². The molecule has 3 aromatic rings. The number of aliphatic carboxylic acids is 1. The average molecular weight is 815 g/mol. The lowest BCUT2D eigenvalue weighted by molar-refractivity contribution is -0.147. The molecule has 0 saturated heterocycles. The molecule has 0 fully saturated rings. The summed E-state index contributed by atoms with van der Waals surface area (Å²) < 4.78 is 11.1. The first-order valence-corrected chi connectivity index (χ1v) is 19.8. The van der Waals surface area contributed by atoms with Gasteiger partial charge >= 0.3 is 24.2 Å². The first-order valence-electron chi connectivity index (χ1n) is 19.8. The van der Waals surface area contributed by atoms with Gasteiger partial charge in [0.2, 0.25) is 11.8 Å². The molecule has 318 valence electrons. The van der Waals surface area contributed by atoms with Crippen molar-refractivity contribution in [1.82, 2.24) is 21.3 Å². The molecule has 6 amide bonds. The fourth-order valence-electron chi connectivity index (χ4n) is 6.94. The van der Waals surface area contributed by atoms with Crippen LogP contribution in [0.3, 0.4) is 0 Å². The van der Waals surface area contributed by atoms with Gasteiger partial charge in [-0.3, -0.25) is 14.4 Å². The second kappa shape index (κ2) is 20.0. The highest BCUT2D eigenvalue weighted by Crippen LogP contribution is 2.44. The second-order valence-electron chi connectivity index (χ2n) is 16.8. The Hall–Kier alpha value is -6.12. The van der Waals surface area contributed by atoms with Crippen molar-refractivity contribution in [3.8, 4) is 11.1 Å². The summed E-state index contributed by atoms with van der Waals surface area (Å²) in [6.45, 7) is 12.1. The number of hydrogen-bond donors (Lipinski definition) is 7. The zero-order valence-electron chi connectivity index (χ0n) is 34.8. The van der Waals surface area contributed by atoms with Crippen LogP contribution in [0.2, 0.25) is 0 Å². The summed E-state index contributed by atoms with van der Waals surface area (Å²) in [7, 11) is 0. The number of benzene rings is 3. The lowest BCUT2D eigenvalue weighted by Gasteiger charge is -2.28. The summed E-state index contributed by atoms with van der Waals surface area (Å²) in [6, 6.07) is 19.3. The molecule has 0 bridgehead atoms. The highest BCUT2D eigenvalue weighted by Gasteiger charge is 2.34. The maximum Gasteiger partial charge on any atom is 0.407 e. The minimum atomic E-state index is -1.14. The largest absolute Gasteiger partial charge is 0.481 e. The summed E-state index contributed by atoms with van der Waals surface area (Å²) in [6.07, 6.45) is -0.612. The van der Waals surface area contributed by atoms with Gasteiger partial charge in [0.25, 0.3) is 0 Å². The van der Waals surface area contributed by atoms with Crippen LogP contribution < -0.4 is 32.3 Å². The predicted octanol–water partition coefficient (Wildman–Crippen LogP) is 6.06. The monoisotopic (exact) mass is 814 g/mol. The lowest BCUT2D eigenvalue weighted by atomic mass is 9.84. The fourth-order valence-corrected chi connectivity index (χ4v) is 6.94. The van der Waals surface area contributed by atoms with E-state index < -0.39 is 65.1 Å². The third-order valence-corrected chi connectivity index (χ3v) is 9.93. The first-order chi connectivity index (χ1) is 27.7. The lowest BCUT2D eigenvalue weighted by Crippen LogP contribution is -2.54. The molecule has 15 nitrogen and oxygen atoms in total. The maximum absolute atomic E-state index is 13.7. The molecule has 15 heteroatoms. The van der Waals surface area contributed by atoms with Crippen LogP contribution in [-0.4, -0.2) is 78.0 Å². The summed E-state index contributed by atoms with van der Waals surface area (Å²) in [5, 5.41) is 23.3. The van der Waals surface area contributed by atoms with Crippen molar-refractivity contribution in [2.75, 3.05) is 18.5 Å². The molecule has 1 aliphatic rings. The molecule has 3 atom stereocenters. The summed E-state index contributed by atoms with van der Waals surface area (Å²) in [5.74, 6) is -2.69. The van der Waals surface area contributed by atoms with E-state index in [9.17, 15) is 33.9 Å². The topological polar surface area (TPSA) is 227 Å². The third kappa shape index (κ3) is 13.5. The van der Waals surface area contributed by atoms with E-state index in [-0.39, 0.29) is 44.2 Å². The van der Waals surface area contributed by atoms with Gasteiger partial charge in [-0.1, -0.05) is 74.5 Å². The number of hydrogen-bond acceptors (Lipinski definition) is 8. The molecule has 3 aromatic carbocycles. The van der Waals surface area contributed by atoms with Crippen LogP contribution in [0.1, 0.15) is 90.3 Å². The predicted molar refractivity (Wildman–Crippen MR) is 224 cm³/mol. The Morgan fingerprint density at radius 2 is 1.37 bits per heavy atom. The molecule has 0 aliphatic heterocycles. The molecule has 8 N–H and O–H groups in total. The zero-order valence-corrected chi connectivity index (χ0v) is 34.8. The van der Waals surface area contributed by atoms with Crippen LogP contribution in [0.15, 0.2) is 72.8 Å². The molecule has 0 spiro atoms. The Bertz CT molecular complexity index is 1930. The number of primary amides is 1. The first kappa shape index (κ1) is 45.6. The highest BCUT2D eigenvalue weighted by molar-refractivity contribution is 5.98. The minimum absolute atomic E-state index is 0.0597. The van der Waals surface area contributed by atoms with Gasteiger partial charge in [-0.15, -0.1) is 0 Å². The van der Waals surface area contributed by atoms with E-state index in [1.807, 2.05) is 48.5 Å². The molecular weight excluding hydrogens is 757 g/mol. The van der Waals surface area contributed by atoms with Crippen LogP contribution >= 0.6 is 0 Å². The van der Waals surface area contributed by atoms with Crippen molar-refractivity contribution in [1.29, 1.82) is 0 Å². The Balaban J connectivity index is 1.42. The van der Waals surface area contributed by atoms with Crippen LogP contribution in [0.25, 0.3) is 11.1 Å². The number of ether oxygens (including phenoxy) is 2. The van der Waals surface area contributed by atoms with Gasteiger partial charge in [0.15, 0.2) is 0 Å². The Morgan fingerprint density at radius 3 is 1.92 bits per heavy atom. The normalized spacial score (nSPS) is 13.8. The summed E-state index contributed by atoms with van der Waals surface area (Å²) >= 11 is 0. The van der Waals surface area contributed by atoms with Crippen molar-refractivity contribution in [2.24, 2.45) is 17.1 Å². The van der Waals surface area contributed by atoms with Gasteiger partial charge in [-0.05, 0) is 106 Å². The Morgan fingerprint density at radius 1 is 0.780 bits per heavy atom. The molecule has 0 saturated carbocycles. The van der Waals surface area contributed by atoms with Crippen molar-refractivity contribution < 1.29 is 43.3 Å². The van der Waals surface area contributed by atoms with Crippen molar-refractivity contribution in [3.63, 3.8) is 0 Å². The Kier molecular flexibility index (Phi) is 15.5. The van der Waals surface area contributed by atoms with Crippen LogP contribution in [0, 0.1) is 11.3 Å². The number of fused-ring (bicyclic) bond motifs is 3. The average Bonchev–Trinajstić information content (AvgIpc) is 3.47.